The maximum atomic E-state index is 12.1. The minimum atomic E-state index is -1.05. The van der Waals surface area contributed by atoms with Gasteiger partial charge in [0.05, 0.1) is 23.4 Å². The lowest BCUT2D eigenvalue weighted by Crippen LogP contribution is -2.41. The van der Waals surface area contributed by atoms with E-state index in [1.54, 1.807) is 6.92 Å². The summed E-state index contributed by atoms with van der Waals surface area (Å²) >= 11 is 0. The smallest absolute Gasteiger partial charge is 0.337 e. The number of carbonyl (C=O) groups is 2. The molecule has 0 spiro atoms. The Morgan fingerprint density at radius 3 is 2.80 bits per heavy atom. The largest absolute Gasteiger partial charge is 0.478 e. The third kappa shape index (κ3) is 3.14. The zero-order valence-electron chi connectivity index (χ0n) is 11.5. The van der Waals surface area contributed by atoms with E-state index >= 15 is 0 Å². The Balaban J connectivity index is 2.05. The van der Waals surface area contributed by atoms with Crippen molar-refractivity contribution in [2.75, 3.05) is 6.61 Å². The van der Waals surface area contributed by atoms with Crippen LogP contribution in [0.5, 0.6) is 0 Å². The van der Waals surface area contributed by atoms with Crippen LogP contribution in [0.3, 0.4) is 0 Å². The molecule has 1 aliphatic rings. The Bertz CT molecular complexity index is 524. The third-order valence-corrected chi connectivity index (χ3v) is 3.43. The fourth-order valence-corrected chi connectivity index (χ4v) is 2.28. The first-order valence-corrected chi connectivity index (χ1v) is 6.62. The molecule has 0 bridgehead atoms. The molecule has 1 aliphatic heterocycles. The molecule has 1 saturated heterocycles. The van der Waals surface area contributed by atoms with Crippen LogP contribution in [0.4, 0.5) is 0 Å². The quantitative estimate of drug-likeness (QED) is 0.868. The first-order chi connectivity index (χ1) is 9.49. The Morgan fingerprint density at radius 1 is 1.50 bits per heavy atom. The Hall–Kier alpha value is -1.95. The zero-order chi connectivity index (χ0) is 14.7. The standard InChI is InChI=1S/C14H18N2O4/c1-8-10(14(18)19)5-6-11(15-8)13(17)16-9(2)12-4-3-7-20-12/h5-6,9,12H,3-4,7H2,1-2H3,(H,16,17)(H,18,19). The second kappa shape index (κ2) is 6.00. The van der Waals surface area contributed by atoms with Crippen LogP contribution in [-0.2, 0) is 4.74 Å². The first-order valence-electron chi connectivity index (χ1n) is 6.62. The van der Waals surface area contributed by atoms with E-state index in [1.165, 1.54) is 12.1 Å². The summed E-state index contributed by atoms with van der Waals surface area (Å²) in [5.41, 5.74) is 0.654. The number of aromatic nitrogens is 1. The summed E-state index contributed by atoms with van der Waals surface area (Å²) in [6.45, 7) is 4.20. The summed E-state index contributed by atoms with van der Waals surface area (Å²) in [5.74, 6) is -1.36. The molecule has 0 aliphatic carbocycles. The van der Waals surface area contributed by atoms with Gasteiger partial charge in [0.15, 0.2) is 0 Å². The summed E-state index contributed by atoms with van der Waals surface area (Å²) in [5, 5.41) is 11.8. The van der Waals surface area contributed by atoms with Crippen molar-refractivity contribution in [3.63, 3.8) is 0 Å². The van der Waals surface area contributed by atoms with Crippen molar-refractivity contribution in [2.24, 2.45) is 0 Å². The lowest BCUT2D eigenvalue weighted by atomic mass is 10.1. The molecule has 2 unspecified atom stereocenters. The highest BCUT2D eigenvalue weighted by Gasteiger charge is 2.24. The van der Waals surface area contributed by atoms with Crippen molar-refractivity contribution in [1.29, 1.82) is 0 Å². The summed E-state index contributed by atoms with van der Waals surface area (Å²) in [6, 6.07) is 2.73. The predicted molar refractivity (Wildman–Crippen MR) is 71.8 cm³/mol. The van der Waals surface area contributed by atoms with E-state index in [1.807, 2.05) is 6.92 Å². The summed E-state index contributed by atoms with van der Waals surface area (Å²) in [6.07, 6.45) is 1.99. The molecule has 0 radical (unpaired) electrons. The lowest BCUT2D eigenvalue weighted by molar-refractivity contribution is 0.0691. The van der Waals surface area contributed by atoms with Gasteiger partial charge >= 0.3 is 5.97 Å². The number of amides is 1. The third-order valence-electron chi connectivity index (χ3n) is 3.43. The van der Waals surface area contributed by atoms with E-state index < -0.39 is 5.97 Å². The number of carbonyl (C=O) groups excluding carboxylic acids is 1. The second-order valence-electron chi connectivity index (χ2n) is 4.95. The topological polar surface area (TPSA) is 88.5 Å². The summed E-state index contributed by atoms with van der Waals surface area (Å²) in [4.78, 5) is 27.0. The van der Waals surface area contributed by atoms with Gasteiger partial charge in [-0.05, 0) is 38.8 Å². The molecule has 0 aromatic carbocycles. The van der Waals surface area contributed by atoms with Crippen molar-refractivity contribution in [1.82, 2.24) is 10.3 Å². The number of ether oxygens (including phenoxy) is 1. The molecule has 20 heavy (non-hydrogen) atoms. The molecule has 2 heterocycles. The zero-order valence-corrected chi connectivity index (χ0v) is 11.5. The maximum absolute atomic E-state index is 12.1. The Morgan fingerprint density at radius 2 is 2.25 bits per heavy atom. The molecular weight excluding hydrogens is 260 g/mol. The van der Waals surface area contributed by atoms with Crippen LogP contribution in [0.2, 0.25) is 0 Å². The van der Waals surface area contributed by atoms with E-state index in [9.17, 15) is 9.59 Å². The lowest BCUT2D eigenvalue weighted by Gasteiger charge is -2.19. The van der Waals surface area contributed by atoms with Gasteiger partial charge in [-0.3, -0.25) is 4.79 Å². The van der Waals surface area contributed by atoms with E-state index in [4.69, 9.17) is 9.84 Å². The number of aromatic carboxylic acids is 1. The highest BCUT2D eigenvalue weighted by Crippen LogP contribution is 2.16. The predicted octanol–water partition coefficient (Wildman–Crippen LogP) is 1.39. The number of hydrogen-bond donors (Lipinski definition) is 2. The minimum Gasteiger partial charge on any atom is -0.478 e. The van der Waals surface area contributed by atoms with E-state index in [2.05, 4.69) is 10.3 Å². The van der Waals surface area contributed by atoms with Gasteiger partial charge in [-0.2, -0.15) is 0 Å². The van der Waals surface area contributed by atoms with Crippen molar-refractivity contribution >= 4 is 11.9 Å². The van der Waals surface area contributed by atoms with Gasteiger partial charge in [0.25, 0.3) is 5.91 Å². The fourth-order valence-electron chi connectivity index (χ4n) is 2.28. The van der Waals surface area contributed by atoms with Crippen molar-refractivity contribution in [3.05, 3.63) is 29.1 Å². The van der Waals surface area contributed by atoms with Crippen molar-refractivity contribution in [3.8, 4) is 0 Å². The number of hydrogen-bond acceptors (Lipinski definition) is 4. The molecule has 1 amide bonds. The number of rotatable bonds is 4. The summed E-state index contributed by atoms with van der Waals surface area (Å²) < 4.78 is 5.51. The van der Waals surface area contributed by atoms with Crippen LogP contribution in [0, 0.1) is 6.92 Å². The minimum absolute atomic E-state index is 0.0401. The van der Waals surface area contributed by atoms with Crippen LogP contribution < -0.4 is 5.32 Å². The molecule has 1 aromatic rings. The second-order valence-corrected chi connectivity index (χ2v) is 4.95. The van der Waals surface area contributed by atoms with E-state index in [-0.39, 0.29) is 29.3 Å². The number of nitrogens with one attached hydrogen (secondary N) is 1. The van der Waals surface area contributed by atoms with Gasteiger partial charge in [0.1, 0.15) is 5.69 Å². The monoisotopic (exact) mass is 278 g/mol. The molecule has 1 aromatic heterocycles. The highest BCUT2D eigenvalue weighted by atomic mass is 16.5. The number of aryl methyl sites for hydroxylation is 1. The molecule has 2 rings (SSSR count). The van der Waals surface area contributed by atoms with Gasteiger partial charge in [0, 0.05) is 6.61 Å². The molecule has 0 saturated carbocycles. The molecule has 6 heteroatoms. The molecule has 1 fully saturated rings. The molecule has 2 atom stereocenters. The molecule has 108 valence electrons. The maximum Gasteiger partial charge on any atom is 0.337 e. The molecular formula is C14H18N2O4. The molecule has 6 nitrogen and oxygen atoms in total. The number of carboxylic acids is 1. The van der Waals surface area contributed by atoms with Gasteiger partial charge in [-0.15, -0.1) is 0 Å². The normalized spacial score (nSPS) is 19.6. The van der Waals surface area contributed by atoms with E-state index in [0.29, 0.717) is 5.69 Å². The van der Waals surface area contributed by atoms with Gasteiger partial charge in [-0.25, -0.2) is 9.78 Å². The molecule has 2 N–H and O–H groups in total. The average Bonchev–Trinajstić information content (AvgIpc) is 2.91. The number of carboxylic acid groups (broad SMARTS) is 1. The van der Waals surface area contributed by atoms with Crippen LogP contribution in [0.15, 0.2) is 12.1 Å². The Labute approximate surface area is 117 Å². The van der Waals surface area contributed by atoms with Crippen LogP contribution in [0.1, 0.15) is 46.3 Å². The number of pyridine rings is 1. The summed E-state index contributed by atoms with van der Waals surface area (Å²) in [7, 11) is 0. The van der Waals surface area contributed by atoms with Crippen LogP contribution in [0.25, 0.3) is 0 Å². The highest BCUT2D eigenvalue weighted by molar-refractivity contribution is 5.94. The Kier molecular flexibility index (Phi) is 4.34. The van der Waals surface area contributed by atoms with Gasteiger partial charge in [-0.1, -0.05) is 0 Å². The fraction of sp³-hybridized carbons (Fsp3) is 0.500. The van der Waals surface area contributed by atoms with Crippen LogP contribution in [-0.4, -0.2) is 40.7 Å². The average molecular weight is 278 g/mol. The van der Waals surface area contributed by atoms with Gasteiger partial charge < -0.3 is 15.2 Å². The van der Waals surface area contributed by atoms with Crippen molar-refractivity contribution < 1.29 is 19.4 Å². The van der Waals surface area contributed by atoms with Gasteiger partial charge in [0.2, 0.25) is 0 Å². The first kappa shape index (κ1) is 14.5. The van der Waals surface area contributed by atoms with Crippen molar-refractivity contribution in [2.45, 2.75) is 38.8 Å². The van der Waals surface area contributed by atoms with Crippen LogP contribution >= 0.6 is 0 Å². The SMILES string of the molecule is Cc1nc(C(=O)NC(C)C2CCCO2)ccc1C(=O)O. The number of nitrogens with zero attached hydrogens (tertiary/aromatic N) is 1. The van der Waals surface area contributed by atoms with E-state index in [0.717, 1.165) is 19.4 Å².